The summed E-state index contributed by atoms with van der Waals surface area (Å²) in [4.78, 5) is 48.1. The summed E-state index contributed by atoms with van der Waals surface area (Å²) in [6.07, 6.45) is 41.5. The van der Waals surface area contributed by atoms with E-state index in [-0.39, 0.29) is 25.9 Å². The van der Waals surface area contributed by atoms with Gasteiger partial charge in [0.25, 0.3) is 0 Å². The van der Waals surface area contributed by atoms with E-state index < -0.39 is 57.8 Å². The zero-order valence-electron chi connectivity index (χ0n) is 39.9. The summed E-state index contributed by atoms with van der Waals surface area (Å²) >= 11 is 0. The molecule has 0 spiro atoms. The van der Waals surface area contributed by atoms with Crippen LogP contribution < -0.4 is 0 Å². The van der Waals surface area contributed by atoms with Gasteiger partial charge < -0.3 is 24.2 Å². The van der Waals surface area contributed by atoms with Gasteiger partial charge in [0.15, 0.2) is 6.10 Å². The van der Waals surface area contributed by atoms with Crippen molar-refractivity contribution < 1.29 is 52.2 Å². The number of carbonyl (C=O) groups excluding carboxylic acids is 3. The molecular formula is C50H93O11P. The zero-order chi connectivity index (χ0) is 45.6. The molecule has 0 radical (unpaired) electrons. The van der Waals surface area contributed by atoms with E-state index in [9.17, 15) is 28.9 Å². The van der Waals surface area contributed by atoms with Crippen molar-refractivity contribution in [3.8, 4) is 0 Å². The summed E-state index contributed by atoms with van der Waals surface area (Å²) in [6, 6.07) is 0. The molecule has 2 N–H and O–H groups in total. The SMILES string of the molecule is CCCC/C=C\CCCCCCCC(=O)OC(CO)COP(=O)(O)OCC(COC(=O)CCCCCCCCCCCCCCC)OC(=O)CCCCCCC/C=C\CCCC. The third-order valence-electron chi connectivity index (χ3n) is 10.8. The number of hydrogen-bond donors (Lipinski definition) is 2. The van der Waals surface area contributed by atoms with Gasteiger partial charge in [-0.15, -0.1) is 0 Å². The summed E-state index contributed by atoms with van der Waals surface area (Å²) in [5, 5.41) is 9.74. The quantitative estimate of drug-likeness (QED) is 0.0197. The third-order valence-corrected chi connectivity index (χ3v) is 11.8. The van der Waals surface area contributed by atoms with Crippen LogP contribution in [0.4, 0.5) is 0 Å². The van der Waals surface area contributed by atoms with Gasteiger partial charge in [-0.05, 0) is 57.8 Å². The molecule has 0 aliphatic heterocycles. The molecule has 0 saturated carbocycles. The number of carbonyl (C=O) groups is 3. The topological polar surface area (TPSA) is 155 Å². The first kappa shape index (κ1) is 60.0. The van der Waals surface area contributed by atoms with Crippen LogP contribution in [0.1, 0.15) is 239 Å². The minimum absolute atomic E-state index is 0.161. The van der Waals surface area contributed by atoms with E-state index in [0.717, 1.165) is 96.3 Å². The lowest BCUT2D eigenvalue weighted by molar-refractivity contribution is -0.161. The van der Waals surface area contributed by atoms with Gasteiger partial charge in [-0.25, -0.2) is 4.57 Å². The Hall–Kier alpha value is -2.04. The number of esters is 3. The minimum atomic E-state index is -4.73. The van der Waals surface area contributed by atoms with Crippen molar-refractivity contribution >= 4 is 25.7 Å². The Labute approximate surface area is 378 Å². The maximum Gasteiger partial charge on any atom is 0.472 e. The predicted molar refractivity (Wildman–Crippen MR) is 252 cm³/mol. The molecule has 0 saturated heterocycles. The molecule has 0 rings (SSSR count). The molecule has 0 amide bonds. The van der Waals surface area contributed by atoms with Crippen LogP contribution >= 0.6 is 7.82 Å². The molecule has 0 aromatic heterocycles. The maximum atomic E-state index is 12.8. The van der Waals surface area contributed by atoms with Crippen molar-refractivity contribution in [2.75, 3.05) is 26.4 Å². The standard InChI is InChI=1S/C50H93O11P/c1-4-7-10-13-16-19-22-23-26-27-30-33-36-39-48(52)57-43-47(61-50(54)41-38-35-32-29-25-21-18-15-12-9-6-3)45-59-62(55,56)58-44-46(42-51)60-49(53)40-37-34-31-28-24-20-17-14-11-8-5-2/h14-15,17-18,46-47,51H,4-13,16,19-45H2,1-3H3,(H,55,56)/b17-14-,18-15-. The smallest absolute Gasteiger partial charge is 0.462 e. The van der Waals surface area contributed by atoms with Crippen LogP contribution in [0.3, 0.4) is 0 Å². The summed E-state index contributed by atoms with van der Waals surface area (Å²) in [6.45, 7) is 4.54. The fourth-order valence-corrected chi connectivity index (χ4v) is 7.69. The Balaban J connectivity index is 4.72. The summed E-state index contributed by atoms with van der Waals surface area (Å²) in [7, 11) is -4.73. The molecule has 0 aliphatic rings. The Kier molecular flexibility index (Phi) is 44.0. The zero-order valence-corrected chi connectivity index (χ0v) is 40.7. The number of phosphoric ester groups is 1. The maximum absolute atomic E-state index is 12.8. The lowest BCUT2D eigenvalue weighted by Crippen LogP contribution is -2.30. The molecule has 11 nitrogen and oxygen atoms in total. The molecule has 0 bridgehead atoms. The predicted octanol–water partition coefficient (Wildman–Crippen LogP) is 13.9. The van der Waals surface area contributed by atoms with E-state index in [1.165, 1.54) is 83.5 Å². The van der Waals surface area contributed by atoms with Crippen LogP contribution in [-0.2, 0) is 42.2 Å². The fraction of sp³-hybridized carbons (Fsp3) is 0.860. The number of aliphatic hydroxyl groups is 1. The van der Waals surface area contributed by atoms with Gasteiger partial charge in [-0.2, -0.15) is 0 Å². The highest BCUT2D eigenvalue weighted by molar-refractivity contribution is 7.47. The second-order valence-electron chi connectivity index (χ2n) is 17.0. The van der Waals surface area contributed by atoms with Crippen molar-refractivity contribution in [2.45, 2.75) is 251 Å². The van der Waals surface area contributed by atoms with E-state index in [4.69, 9.17) is 23.3 Å². The van der Waals surface area contributed by atoms with Gasteiger partial charge in [-0.1, -0.05) is 186 Å². The fourth-order valence-electron chi connectivity index (χ4n) is 6.91. The van der Waals surface area contributed by atoms with Crippen LogP contribution in [0.15, 0.2) is 24.3 Å². The molecular weight excluding hydrogens is 808 g/mol. The monoisotopic (exact) mass is 901 g/mol. The second kappa shape index (κ2) is 45.5. The molecule has 0 aliphatic carbocycles. The van der Waals surface area contributed by atoms with Crippen LogP contribution in [0.5, 0.6) is 0 Å². The second-order valence-corrected chi connectivity index (χ2v) is 18.4. The van der Waals surface area contributed by atoms with E-state index in [1.54, 1.807) is 0 Å². The van der Waals surface area contributed by atoms with E-state index in [1.807, 2.05) is 0 Å². The average molecular weight is 901 g/mol. The highest BCUT2D eigenvalue weighted by Crippen LogP contribution is 2.43. The number of phosphoric acid groups is 1. The average Bonchev–Trinajstić information content (AvgIpc) is 3.25. The van der Waals surface area contributed by atoms with Crippen molar-refractivity contribution in [1.82, 2.24) is 0 Å². The third kappa shape index (κ3) is 43.2. The number of rotatable bonds is 47. The Morgan fingerprint density at radius 3 is 1.16 bits per heavy atom. The van der Waals surface area contributed by atoms with Crippen molar-refractivity contribution in [3.63, 3.8) is 0 Å². The Bertz CT molecular complexity index is 1140. The molecule has 12 heteroatoms. The first-order valence-electron chi connectivity index (χ1n) is 25.2. The van der Waals surface area contributed by atoms with E-state index in [2.05, 4.69) is 45.1 Å². The minimum Gasteiger partial charge on any atom is -0.462 e. The summed E-state index contributed by atoms with van der Waals surface area (Å²) < 4.78 is 39.2. The van der Waals surface area contributed by atoms with E-state index in [0.29, 0.717) is 19.3 Å². The van der Waals surface area contributed by atoms with Gasteiger partial charge in [0.05, 0.1) is 19.8 Å². The van der Waals surface area contributed by atoms with Crippen molar-refractivity contribution in [2.24, 2.45) is 0 Å². The number of unbranched alkanes of at least 4 members (excludes halogenated alkanes) is 26. The Morgan fingerprint density at radius 2 is 0.758 bits per heavy atom. The van der Waals surface area contributed by atoms with Gasteiger partial charge in [0.1, 0.15) is 12.7 Å². The molecule has 3 unspecified atom stereocenters. The molecule has 0 aromatic carbocycles. The van der Waals surface area contributed by atoms with Crippen LogP contribution in [0.2, 0.25) is 0 Å². The molecule has 3 atom stereocenters. The largest absolute Gasteiger partial charge is 0.472 e. The van der Waals surface area contributed by atoms with Crippen molar-refractivity contribution in [1.29, 1.82) is 0 Å². The first-order valence-corrected chi connectivity index (χ1v) is 26.7. The highest BCUT2D eigenvalue weighted by atomic mass is 31.2. The Morgan fingerprint density at radius 1 is 0.435 bits per heavy atom. The van der Waals surface area contributed by atoms with Gasteiger partial charge in [0.2, 0.25) is 0 Å². The van der Waals surface area contributed by atoms with Gasteiger partial charge >= 0.3 is 25.7 Å². The van der Waals surface area contributed by atoms with Crippen LogP contribution in [0.25, 0.3) is 0 Å². The van der Waals surface area contributed by atoms with Crippen molar-refractivity contribution in [3.05, 3.63) is 24.3 Å². The molecule has 0 aromatic rings. The summed E-state index contributed by atoms with van der Waals surface area (Å²) in [5.74, 6) is -1.47. The lowest BCUT2D eigenvalue weighted by atomic mass is 10.0. The number of aliphatic hydroxyl groups excluding tert-OH is 1. The van der Waals surface area contributed by atoms with Gasteiger partial charge in [-0.3, -0.25) is 23.4 Å². The highest BCUT2D eigenvalue weighted by Gasteiger charge is 2.28. The van der Waals surface area contributed by atoms with E-state index >= 15 is 0 Å². The number of hydrogen-bond acceptors (Lipinski definition) is 10. The number of ether oxygens (including phenoxy) is 3. The van der Waals surface area contributed by atoms with Gasteiger partial charge in [0, 0.05) is 19.3 Å². The lowest BCUT2D eigenvalue weighted by Gasteiger charge is -2.21. The summed E-state index contributed by atoms with van der Waals surface area (Å²) in [5.41, 5.74) is 0. The van der Waals surface area contributed by atoms with Crippen LogP contribution in [-0.4, -0.2) is 66.5 Å². The number of allylic oxidation sites excluding steroid dienone is 4. The first-order chi connectivity index (χ1) is 30.2. The molecule has 0 fully saturated rings. The molecule has 364 valence electrons. The molecule has 0 heterocycles. The molecule has 62 heavy (non-hydrogen) atoms. The normalized spacial score (nSPS) is 13.7. The van der Waals surface area contributed by atoms with Crippen LogP contribution in [0, 0.1) is 0 Å².